The van der Waals surface area contributed by atoms with E-state index in [1.54, 1.807) is 6.07 Å². The Labute approximate surface area is 190 Å². The highest BCUT2D eigenvalue weighted by molar-refractivity contribution is 7.80. The van der Waals surface area contributed by atoms with Crippen LogP contribution in [0.1, 0.15) is 15.9 Å². The van der Waals surface area contributed by atoms with Crippen molar-refractivity contribution in [1.82, 2.24) is 15.6 Å². The van der Waals surface area contributed by atoms with Gasteiger partial charge in [0.15, 0.2) is 10.7 Å². The van der Waals surface area contributed by atoms with Crippen LogP contribution in [0.15, 0.2) is 95.4 Å². The van der Waals surface area contributed by atoms with Gasteiger partial charge in [0.1, 0.15) is 5.52 Å². The highest BCUT2D eigenvalue weighted by Crippen LogP contribution is 2.24. The quantitative estimate of drug-likeness (QED) is 0.366. The number of amides is 1. The predicted molar refractivity (Wildman–Crippen MR) is 130 cm³/mol. The molecule has 2 N–H and O–H groups in total. The van der Waals surface area contributed by atoms with Gasteiger partial charge in [-0.25, -0.2) is 4.98 Å². The van der Waals surface area contributed by atoms with E-state index < -0.39 is 0 Å². The standard InChI is InChI=1S/C26H19N3O2S/c30-24(21-9-5-7-18-6-1-2-8-20(18)21)29-26(32)27-16-17-12-14-19(15-13-17)25-28-22-10-3-4-11-23(22)31-25/h1-15H,16H2,(H2,27,29,30,32). The van der Waals surface area contributed by atoms with Crippen LogP contribution in [0.5, 0.6) is 0 Å². The van der Waals surface area contributed by atoms with E-state index in [1.807, 2.05) is 84.9 Å². The molecule has 5 nitrogen and oxygen atoms in total. The Morgan fingerprint density at radius 1 is 0.875 bits per heavy atom. The number of thiocarbonyl (C=S) groups is 1. The van der Waals surface area contributed by atoms with Crippen LogP contribution in [0.25, 0.3) is 33.3 Å². The maximum atomic E-state index is 12.7. The molecule has 0 saturated carbocycles. The van der Waals surface area contributed by atoms with Gasteiger partial charge in [0.2, 0.25) is 5.89 Å². The molecule has 6 heteroatoms. The van der Waals surface area contributed by atoms with Crippen molar-refractivity contribution in [3.05, 3.63) is 102 Å². The van der Waals surface area contributed by atoms with E-state index in [4.69, 9.17) is 16.6 Å². The molecule has 0 fully saturated rings. The van der Waals surface area contributed by atoms with Gasteiger partial charge < -0.3 is 9.73 Å². The molecular formula is C26H19N3O2S. The van der Waals surface area contributed by atoms with Crippen molar-refractivity contribution in [2.24, 2.45) is 0 Å². The molecule has 0 radical (unpaired) electrons. The van der Waals surface area contributed by atoms with E-state index >= 15 is 0 Å². The van der Waals surface area contributed by atoms with Crippen molar-refractivity contribution in [3.63, 3.8) is 0 Å². The van der Waals surface area contributed by atoms with Crippen LogP contribution in [0, 0.1) is 0 Å². The van der Waals surface area contributed by atoms with Gasteiger partial charge in [-0.05, 0) is 58.9 Å². The maximum absolute atomic E-state index is 12.7. The Morgan fingerprint density at radius 2 is 1.62 bits per heavy atom. The van der Waals surface area contributed by atoms with Crippen LogP contribution in [0.4, 0.5) is 0 Å². The van der Waals surface area contributed by atoms with Gasteiger partial charge in [0, 0.05) is 17.7 Å². The zero-order valence-corrected chi connectivity index (χ0v) is 17.9. The van der Waals surface area contributed by atoms with Crippen molar-refractivity contribution >= 4 is 45.1 Å². The lowest BCUT2D eigenvalue weighted by molar-refractivity contribution is 0.0978. The largest absolute Gasteiger partial charge is 0.436 e. The SMILES string of the molecule is O=C(NC(=S)NCc1ccc(-c2nc3ccccc3o2)cc1)c1cccc2ccccc12. The van der Waals surface area contributed by atoms with Gasteiger partial charge in [0.05, 0.1) is 0 Å². The molecule has 0 atom stereocenters. The molecule has 1 heterocycles. The van der Waals surface area contributed by atoms with Gasteiger partial charge in [0.25, 0.3) is 5.91 Å². The molecule has 5 rings (SSSR count). The van der Waals surface area contributed by atoms with Crippen LogP contribution < -0.4 is 10.6 Å². The fourth-order valence-electron chi connectivity index (χ4n) is 3.58. The van der Waals surface area contributed by atoms with Gasteiger partial charge in [-0.15, -0.1) is 0 Å². The smallest absolute Gasteiger partial charge is 0.258 e. The molecule has 0 bridgehead atoms. The van der Waals surface area contributed by atoms with Crippen molar-refractivity contribution in [3.8, 4) is 11.5 Å². The van der Waals surface area contributed by atoms with Crippen molar-refractivity contribution < 1.29 is 9.21 Å². The summed E-state index contributed by atoms with van der Waals surface area (Å²) in [5, 5.41) is 8.04. The van der Waals surface area contributed by atoms with E-state index in [-0.39, 0.29) is 11.0 Å². The summed E-state index contributed by atoms with van der Waals surface area (Å²) in [6.07, 6.45) is 0. The van der Waals surface area contributed by atoms with Gasteiger partial charge in [-0.1, -0.05) is 60.7 Å². The average Bonchev–Trinajstić information content (AvgIpc) is 3.27. The molecule has 0 unspecified atom stereocenters. The minimum atomic E-state index is -0.231. The van der Waals surface area contributed by atoms with Crippen LogP contribution in [0.2, 0.25) is 0 Å². The minimum absolute atomic E-state index is 0.231. The molecule has 156 valence electrons. The average molecular weight is 438 g/mol. The number of hydrogen-bond donors (Lipinski definition) is 2. The van der Waals surface area contributed by atoms with E-state index in [0.29, 0.717) is 18.0 Å². The number of carbonyl (C=O) groups excluding carboxylic acids is 1. The number of oxazole rings is 1. The molecule has 0 saturated heterocycles. The third-order valence-corrected chi connectivity index (χ3v) is 5.46. The molecule has 0 spiro atoms. The van der Waals surface area contributed by atoms with E-state index in [0.717, 1.165) is 33.0 Å². The minimum Gasteiger partial charge on any atom is -0.436 e. The van der Waals surface area contributed by atoms with Gasteiger partial charge in [-0.3, -0.25) is 10.1 Å². The highest BCUT2D eigenvalue weighted by Gasteiger charge is 2.11. The number of hydrogen-bond acceptors (Lipinski definition) is 4. The Morgan fingerprint density at radius 3 is 2.47 bits per heavy atom. The fraction of sp³-hybridized carbons (Fsp3) is 0.0385. The zero-order chi connectivity index (χ0) is 21.9. The molecule has 4 aromatic carbocycles. The first-order valence-corrected chi connectivity index (χ1v) is 10.6. The normalized spacial score (nSPS) is 10.9. The summed E-state index contributed by atoms with van der Waals surface area (Å²) in [6, 6.07) is 29.0. The second-order valence-electron chi connectivity index (χ2n) is 7.35. The number of para-hydroxylation sites is 2. The van der Waals surface area contributed by atoms with Crippen LogP contribution in [0.3, 0.4) is 0 Å². The monoisotopic (exact) mass is 437 g/mol. The summed E-state index contributed by atoms with van der Waals surface area (Å²) in [7, 11) is 0. The fourth-order valence-corrected chi connectivity index (χ4v) is 3.75. The number of benzene rings is 4. The van der Waals surface area contributed by atoms with E-state index in [9.17, 15) is 4.79 Å². The van der Waals surface area contributed by atoms with E-state index in [1.165, 1.54) is 0 Å². The number of carbonyl (C=O) groups is 1. The summed E-state index contributed by atoms with van der Waals surface area (Å²) in [6.45, 7) is 0.489. The molecule has 1 aromatic heterocycles. The lowest BCUT2D eigenvalue weighted by Gasteiger charge is -2.11. The first-order valence-electron chi connectivity index (χ1n) is 10.2. The maximum Gasteiger partial charge on any atom is 0.258 e. The molecule has 1 amide bonds. The van der Waals surface area contributed by atoms with Gasteiger partial charge in [-0.2, -0.15) is 0 Å². The molecule has 5 aromatic rings. The predicted octanol–water partition coefficient (Wildman–Crippen LogP) is 5.45. The summed E-state index contributed by atoms with van der Waals surface area (Å²) in [5.41, 5.74) is 4.11. The van der Waals surface area contributed by atoms with Crippen molar-refractivity contribution in [2.75, 3.05) is 0 Å². The Hall–Kier alpha value is -4.03. The summed E-state index contributed by atoms with van der Waals surface area (Å²) in [5.74, 6) is 0.356. The third-order valence-electron chi connectivity index (χ3n) is 5.21. The molecular weight excluding hydrogens is 418 g/mol. The Bertz CT molecular complexity index is 1400. The van der Waals surface area contributed by atoms with Crippen molar-refractivity contribution in [2.45, 2.75) is 6.54 Å². The first kappa shape index (κ1) is 19.9. The first-order chi connectivity index (χ1) is 15.7. The molecule has 0 aliphatic heterocycles. The number of nitrogens with one attached hydrogen (secondary N) is 2. The van der Waals surface area contributed by atoms with Crippen LogP contribution in [-0.2, 0) is 6.54 Å². The number of fused-ring (bicyclic) bond motifs is 2. The zero-order valence-electron chi connectivity index (χ0n) is 17.0. The third kappa shape index (κ3) is 4.08. The molecule has 0 aliphatic carbocycles. The highest BCUT2D eigenvalue weighted by atomic mass is 32.1. The lowest BCUT2D eigenvalue weighted by atomic mass is 10.0. The Balaban J connectivity index is 1.21. The number of aromatic nitrogens is 1. The van der Waals surface area contributed by atoms with E-state index in [2.05, 4.69) is 15.6 Å². The topological polar surface area (TPSA) is 67.2 Å². The summed E-state index contributed by atoms with van der Waals surface area (Å²) < 4.78 is 5.81. The van der Waals surface area contributed by atoms with Crippen LogP contribution in [-0.4, -0.2) is 16.0 Å². The molecule has 32 heavy (non-hydrogen) atoms. The van der Waals surface area contributed by atoms with Gasteiger partial charge >= 0.3 is 0 Å². The lowest BCUT2D eigenvalue weighted by Crippen LogP contribution is -2.38. The number of nitrogens with zero attached hydrogens (tertiary/aromatic N) is 1. The van der Waals surface area contributed by atoms with Crippen molar-refractivity contribution in [1.29, 1.82) is 0 Å². The molecule has 0 aliphatic rings. The second-order valence-corrected chi connectivity index (χ2v) is 7.76. The summed E-state index contributed by atoms with van der Waals surface area (Å²) >= 11 is 5.32. The number of rotatable bonds is 4. The summed E-state index contributed by atoms with van der Waals surface area (Å²) in [4.78, 5) is 17.2. The second kappa shape index (κ2) is 8.61. The Kier molecular flexibility index (Phi) is 5.35. The van der Waals surface area contributed by atoms with Crippen LogP contribution >= 0.6 is 12.2 Å².